The predicted molar refractivity (Wildman–Crippen MR) is 85.1 cm³/mol. The summed E-state index contributed by atoms with van der Waals surface area (Å²) >= 11 is 3.35. The van der Waals surface area contributed by atoms with Crippen LogP contribution in [-0.2, 0) is 15.8 Å². The molecule has 0 saturated carbocycles. The first kappa shape index (κ1) is 17.4. The van der Waals surface area contributed by atoms with Crippen LogP contribution in [0.4, 0.5) is 0 Å². The maximum Gasteiger partial charge on any atom is 0.265 e. The third-order valence-corrected chi connectivity index (χ3v) is 4.30. The Bertz CT molecular complexity index is 514. The number of aromatic amines is 1. The number of rotatable bonds is 5. The second-order valence-electron chi connectivity index (χ2n) is 5.96. The van der Waals surface area contributed by atoms with Crippen LogP contribution in [0.3, 0.4) is 0 Å². The zero-order valence-electron chi connectivity index (χ0n) is 13.3. The predicted octanol–water partition coefficient (Wildman–Crippen LogP) is 3.88. The van der Waals surface area contributed by atoms with Gasteiger partial charge in [0.05, 0.1) is 5.69 Å². The molecule has 0 unspecified atom stereocenters. The van der Waals surface area contributed by atoms with Gasteiger partial charge in [0.15, 0.2) is 0 Å². The van der Waals surface area contributed by atoms with Gasteiger partial charge in [-0.15, -0.1) is 0 Å². The first-order chi connectivity index (χ1) is 9.21. The molecule has 0 aliphatic heterocycles. The highest BCUT2D eigenvalue weighted by atomic mass is 79.9. The molecule has 1 N–H and O–H groups in total. The molecule has 0 atom stereocenters. The monoisotopic (exact) mass is 344 g/mol. The van der Waals surface area contributed by atoms with E-state index < -0.39 is 5.60 Å². The molecule has 0 bridgehead atoms. The molecule has 0 aromatic carbocycles. The maximum atomic E-state index is 12.2. The Morgan fingerprint density at radius 3 is 2.15 bits per heavy atom. The van der Waals surface area contributed by atoms with E-state index in [1.165, 1.54) is 0 Å². The first-order valence-electron chi connectivity index (χ1n) is 7.16. The molecule has 1 heterocycles. The average Bonchev–Trinajstić information content (AvgIpc) is 2.38. The van der Waals surface area contributed by atoms with Crippen LogP contribution in [0.25, 0.3) is 0 Å². The van der Waals surface area contributed by atoms with Crippen molar-refractivity contribution >= 4 is 15.9 Å². The summed E-state index contributed by atoms with van der Waals surface area (Å²) in [6, 6.07) is 0. The van der Waals surface area contributed by atoms with E-state index in [1.54, 1.807) is 0 Å². The minimum absolute atomic E-state index is 0.147. The summed E-state index contributed by atoms with van der Waals surface area (Å²) < 4.78 is 6.43. The molecule has 0 aliphatic carbocycles. The molecule has 1 aromatic rings. The number of aromatic nitrogens is 2. The van der Waals surface area contributed by atoms with Gasteiger partial charge in [0.2, 0.25) is 0 Å². The van der Waals surface area contributed by atoms with Crippen LogP contribution in [0.2, 0.25) is 0 Å². The third kappa shape index (κ3) is 3.31. The largest absolute Gasteiger partial charge is 0.367 e. The molecular formula is C15H25BrN2O2. The molecule has 0 aliphatic rings. The van der Waals surface area contributed by atoms with Crippen molar-refractivity contribution in [3.63, 3.8) is 0 Å². The lowest BCUT2D eigenvalue weighted by Gasteiger charge is -2.31. The fourth-order valence-corrected chi connectivity index (χ4v) is 3.09. The van der Waals surface area contributed by atoms with Gasteiger partial charge in [-0.1, -0.05) is 34.6 Å². The zero-order valence-corrected chi connectivity index (χ0v) is 14.8. The Balaban J connectivity index is 3.53. The SMILES string of the molecule is CCOC(CC)(CC)c1nc(C(C)(C)C)c(Br)c(=O)[nH]1. The van der Waals surface area contributed by atoms with E-state index in [9.17, 15) is 4.79 Å². The molecule has 1 rings (SSSR count). The van der Waals surface area contributed by atoms with Crippen LogP contribution in [0.1, 0.15) is 65.9 Å². The summed E-state index contributed by atoms with van der Waals surface area (Å²) in [7, 11) is 0. The van der Waals surface area contributed by atoms with Crippen LogP contribution in [0.5, 0.6) is 0 Å². The molecule has 0 amide bonds. The first-order valence-corrected chi connectivity index (χ1v) is 7.95. The second kappa shape index (κ2) is 6.39. The number of halogens is 1. The minimum Gasteiger partial charge on any atom is -0.367 e. The Hall–Kier alpha value is -0.680. The summed E-state index contributed by atoms with van der Waals surface area (Å²) in [4.78, 5) is 19.8. The van der Waals surface area contributed by atoms with E-state index in [0.29, 0.717) is 16.9 Å². The Morgan fingerprint density at radius 2 is 1.75 bits per heavy atom. The highest BCUT2D eigenvalue weighted by Gasteiger charge is 2.34. The van der Waals surface area contributed by atoms with Crippen molar-refractivity contribution in [2.45, 2.75) is 65.4 Å². The summed E-state index contributed by atoms with van der Waals surface area (Å²) in [6.07, 6.45) is 1.54. The van der Waals surface area contributed by atoms with Gasteiger partial charge in [-0.2, -0.15) is 0 Å². The molecule has 5 heteroatoms. The molecule has 20 heavy (non-hydrogen) atoms. The van der Waals surface area contributed by atoms with Gasteiger partial charge >= 0.3 is 0 Å². The summed E-state index contributed by atoms with van der Waals surface area (Å²) in [5.41, 5.74) is -0.108. The van der Waals surface area contributed by atoms with Gasteiger partial charge in [-0.3, -0.25) is 4.79 Å². The number of hydrogen-bond acceptors (Lipinski definition) is 3. The van der Waals surface area contributed by atoms with Crippen molar-refractivity contribution in [3.05, 3.63) is 26.3 Å². The Morgan fingerprint density at radius 1 is 1.20 bits per heavy atom. The number of nitrogens with zero attached hydrogens (tertiary/aromatic N) is 1. The number of H-pyrrole nitrogens is 1. The quantitative estimate of drug-likeness (QED) is 0.881. The number of hydrogen-bond donors (Lipinski definition) is 1. The van der Waals surface area contributed by atoms with Crippen molar-refractivity contribution in [1.82, 2.24) is 9.97 Å². The molecule has 1 aromatic heterocycles. The average molecular weight is 345 g/mol. The Kier molecular flexibility index (Phi) is 5.55. The van der Waals surface area contributed by atoms with Crippen LogP contribution < -0.4 is 5.56 Å². The van der Waals surface area contributed by atoms with Crippen molar-refractivity contribution in [2.75, 3.05) is 6.61 Å². The maximum absolute atomic E-state index is 12.2. The molecule has 0 spiro atoms. The molecule has 0 fully saturated rings. The van der Waals surface area contributed by atoms with Gasteiger partial charge in [0.25, 0.3) is 5.56 Å². The van der Waals surface area contributed by atoms with Gasteiger partial charge in [0, 0.05) is 12.0 Å². The highest BCUT2D eigenvalue weighted by Crippen LogP contribution is 2.33. The van der Waals surface area contributed by atoms with Crippen molar-refractivity contribution in [1.29, 1.82) is 0 Å². The molecule has 0 saturated heterocycles. The van der Waals surface area contributed by atoms with Crippen molar-refractivity contribution < 1.29 is 4.74 Å². The molecule has 0 radical (unpaired) electrons. The van der Waals surface area contributed by atoms with Crippen molar-refractivity contribution in [2.24, 2.45) is 0 Å². The van der Waals surface area contributed by atoms with Crippen LogP contribution >= 0.6 is 15.9 Å². The fourth-order valence-electron chi connectivity index (χ4n) is 2.31. The zero-order chi connectivity index (χ0) is 15.6. The van der Waals surface area contributed by atoms with Crippen molar-refractivity contribution in [3.8, 4) is 0 Å². The van der Waals surface area contributed by atoms with Gasteiger partial charge in [-0.05, 0) is 35.7 Å². The van der Waals surface area contributed by atoms with Crippen LogP contribution in [0, 0.1) is 0 Å². The van der Waals surface area contributed by atoms with E-state index >= 15 is 0 Å². The van der Waals surface area contributed by atoms with E-state index in [4.69, 9.17) is 9.72 Å². The molecular weight excluding hydrogens is 320 g/mol. The third-order valence-electron chi connectivity index (χ3n) is 3.57. The minimum atomic E-state index is -0.519. The molecule has 4 nitrogen and oxygen atoms in total. The lowest BCUT2D eigenvalue weighted by atomic mass is 9.90. The lowest BCUT2D eigenvalue weighted by Crippen LogP contribution is -2.35. The highest BCUT2D eigenvalue weighted by molar-refractivity contribution is 9.10. The van der Waals surface area contributed by atoms with E-state index in [2.05, 4.69) is 34.8 Å². The topological polar surface area (TPSA) is 55.0 Å². The normalized spacial score (nSPS) is 12.8. The van der Waals surface area contributed by atoms with Crippen LogP contribution in [-0.4, -0.2) is 16.6 Å². The summed E-state index contributed by atoms with van der Waals surface area (Å²) in [5.74, 6) is 0.627. The van der Waals surface area contributed by atoms with Gasteiger partial charge < -0.3 is 9.72 Å². The fraction of sp³-hybridized carbons (Fsp3) is 0.733. The molecule has 114 valence electrons. The number of ether oxygens (including phenoxy) is 1. The second-order valence-corrected chi connectivity index (χ2v) is 6.75. The van der Waals surface area contributed by atoms with E-state index in [-0.39, 0.29) is 11.0 Å². The number of nitrogens with one attached hydrogen (secondary N) is 1. The summed E-state index contributed by atoms with van der Waals surface area (Å²) in [6.45, 7) is 12.8. The van der Waals surface area contributed by atoms with E-state index in [0.717, 1.165) is 18.5 Å². The summed E-state index contributed by atoms with van der Waals surface area (Å²) in [5, 5.41) is 0. The van der Waals surface area contributed by atoms with Gasteiger partial charge in [0.1, 0.15) is 15.9 Å². The van der Waals surface area contributed by atoms with Crippen LogP contribution in [0.15, 0.2) is 9.27 Å². The Labute approximate surface area is 129 Å². The smallest absolute Gasteiger partial charge is 0.265 e. The lowest BCUT2D eigenvalue weighted by molar-refractivity contribution is -0.0575. The standard InChI is InChI=1S/C15H25BrN2O2/c1-7-15(8-2,20-9-3)13-17-11(14(4,5)6)10(16)12(19)18-13/h7-9H2,1-6H3,(H,17,18,19). The van der Waals surface area contributed by atoms with Gasteiger partial charge in [-0.25, -0.2) is 4.98 Å². The van der Waals surface area contributed by atoms with E-state index in [1.807, 2.05) is 27.7 Å².